The van der Waals surface area contributed by atoms with Crippen LogP contribution in [0.4, 0.5) is 5.00 Å². The average molecular weight is 271 g/mol. The minimum atomic E-state index is -3.63. The number of aliphatic hydroxyl groups is 1. The van der Waals surface area contributed by atoms with E-state index in [0.29, 0.717) is 8.69 Å². The largest absolute Gasteiger partial charge is 0.393 e. The SMILES string of the molecule is [2H]C1([2H])N(c2ccc(Br)s2)C([2H])([2H])C([2H])([2H])C([2H])(O)C1([2H])[2H]. The van der Waals surface area contributed by atoms with E-state index in [1.54, 1.807) is 0 Å². The lowest BCUT2D eigenvalue weighted by atomic mass is 10.1. The van der Waals surface area contributed by atoms with Crippen molar-refractivity contribution < 1.29 is 17.4 Å². The van der Waals surface area contributed by atoms with Gasteiger partial charge in [-0.1, -0.05) is 0 Å². The quantitative estimate of drug-likeness (QED) is 0.848. The summed E-state index contributed by atoms with van der Waals surface area (Å²) >= 11 is 4.01. The first-order valence-electron chi connectivity index (χ1n) is 7.90. The van der Waals surface area contributed by atoms with Gasteiger partial charge in [0.05, 0.1) is 16.2 Å². The third kappa shape index (κ3) is 2.24. The van der Waals surface area contributed by atoms with E-state index in [4.69, 9.17) is 12.3 Å². The van der Waals surface area contributed by atoms with Crippen LogP contribution in [0.15, 0.2) is 15.9 Å². The summed E-state index contributed by atoms with van der Waals surface area (Å²) < 4.78 is 70.9. The van der Waals surface area contributed by atoms with Gasteiger partial charge in [-0.2, -0.15) is 0 Å². The fourth-order valence-corrected chi connectivity index (χ4v) is 2.10. The summed E-state index contributed by atoms with van der Waals surface area (Å²) in [5.74, 6) is 0. The van der Waals surface area contributed by atoms with Gasteiger partial charge >= 0.3 is 0 Å². The molecule has 2 heterocycles. The van der Waals surface area contributed by atoms with Gasteiger partial charge in [0.1, 0.15) is 0 Å². The number of rotatable bonds is 1. The van der Waals surface area contributed by atoms with E-state index < -0.39 is 31.8 Å². The molecule has 2 nitrogen and oxygen atoms in total. The van der Waals surface area contributed by atoms with Crippen LogP contribution in [0.3, 0.4) is 0 Å². The highest BCUT2D eigenvalue weighted by molar-refractivity contribution is 9.11. The Hall–Kier alpha value is -0.0600. The second-order valence-electron chi connectivity index (χ2n) is 2.24. The van der Waals surface area contributed by atoms with Crippen LogP contribution in [-0.4, -0.2) is 24.2 Å². The van der Waals surface area contributed by atoms with Crippen molar-refractivity contribution in [1.29, 1.82) is 0 Å². The molecule has 1 aromatic heterocycles. The van der Waals surface area contributed by atoms with Crippen LogP contribution in [0.1, 0.15) is 25.1 Å². The molecule has 1 aliphatic heterocycles. The number of halogens is 1. The highest BCUT2D eigenvalue weighted by atomic mass is 79.9. The van der Waals surface area contributed by atoms with E-state index in [1.165, 1.54) is 12.1 Å². The fraction of sp³-hybridized carbons (Fsp3) is 0.556. The van der Waals surface area contributed by atoms with Crippen LogP contribution in [0, 0.1) is 0 Å². The van der Waals surface area contributed by atoms with Crippen molar-refractivity contribution in [3.05, 3.63) is 15.9 Å². The number of thiophene rings is 1. The maximum absolute atomic E-state index is 9.98. The zero-order valence-corrected chi connectivity index (χ0v) is 8.74. The van der Waals surface area contributed by atoms with Crippen molar-refractivity contribution in [2.24, 2.45) is 0 Å². The van der Waals surface area contributed by atoms with Crippen molar-refractivity contribution in [3.63, 3.8) is 0 Å². The first-order chi connectivity index (χ1) is 9.62. The molecule has 0 radical (unpaired) electrons. The monoisotopic (exact) mass is 270 g/mol. The topological polar surface area (TPSA) is 23.5 Å². The van der Waals surface area contributed by atoms with Crippen molar-refractivity contribution >= 4 is 32.3 Å². The normalized spacial score (nSPS) is 47.5. The Balaban J connectivity index is 2.77. The van der Waals surface area contributed by atoms with Gasteiger partial charge in [-0.15, -0.1) is 11.3 Å². The number of hydrogen-bond acceptors (Lipinski definition) is 3. The summed E-state index contributed by atoms with van der Waals surface area (Å²) in [5.41, 5.74) is 0. The molecule has 1 N–H and O–H groups in total. The maximum Gasteiger partial charge on any atom is 0.0920 e. The van der Waals surface area contributed by atoms with Crippen LogP contribution in [0.25, 0.3) is 0 Å². The van der Waals surface area contributed by atoms with Gasteiger partial charge in [0.15, 0.2) is 0 Å². The Labute approximate surface area is 103 Å². The van der Waals surface area contributed by atoms with Gasteiger partial charge in [-0.05, 0) is 40.8 Å². The Morgan fingerprint density at radius 1 is 1.62 bits per heavy atom. The zero-order valence-electron chi connectivity index (χ0n) is 15.3. The van der Waals surface area contributed by atoms with Crippen molar-refractivity contribution in [3.8, 4) is 0 Å². The zero-order chi connectivity index (χ0) is 17.4. The molecule has 0 unspecified atom stereocenters. The van der Waals surface area contributed by atoms with Gasteiger partial charge in [0.25, 0.3) is 0 Å². The van der Waals surface area contributed by atoms with Crippen molar-refractivity contribution in [1.82, 2.24) is 0 Å². The van der Waals surface area contributed by atoms with Gasteiger partial charge in [-0.25, -0.2) is 0 Å². The molecule has 0 bridgehead atoms. The molecule has 0 aromatic carbocycles. The van der Waals surface area contributed by atoms with E-state index in [9.17, 15) is 5.11 Å². The van der Waals surface area contributed by atoms with E-state index in [0.717, 1.165) is 11.3 Å². The standard InChI is InChI=1S/C9H12BrNOS/c10-8-1-2-9(13-8)11-5-3-7(12)4-6-11/h1-2,7,12H,3-6H2/i3D2,4D2,5D2,6D2,7D. The molecule has 0 aliphatic carbocycles. The summed E-state index contributed by atoms with van der Waals surface area (Å²) in [5, 5.41) is 9.91. The molecular formula is C9H12BrNOS. The van der Waals surface area contributed by atoms with Crippen LogP contribution < -0.4 is 4.90 Å². The molecule has 1 aliphatic rings. The summed E-state index contributed by atoms with van der Waals surface area (Å²) in [6, 6.07) is 2.80. The van der Waals surface area contributed by atoms with Crippen LogP contribution in [0.5, 0.6) is 0 Å². The molecule has 4 heteroatoms. The summed E-state index contributed by atoms with van der Waals surface area (Å²) in [6.07, 6.45) is -10.4. The summed E-state index contributed by atoms with van der Waals surface area (Å²) in [6.45, 7) is -6.33. The van der Waals surface area contributed by atoms with Crippen LogP contribution >= 0.6 is 27.3 Å². The Kier molecular flexibility index (Phi) is 1.07. The molecule has 0 atom stereocenters. The number of piperidine rings is 1. The van der Waals surface area contributed by atoms with Crippen molar-refractivity contribution in [2.75, 3.05) is 17.9 Å². The van der Waals surface area contributed by atoms with Gasteiger partial charge in [-0.3, -0.25) is 0 Å². The summed E-state index contributed by atoms with van der Waals surface area (Å²) in [4.78, 5) is 0.318. The summed E-state index contributed by atoms with van der Waals surface area (Å²) in [7, 11) is 0. The lowest BCUT2D eigenvalue weighted by molar-refractivity contribution is 0.145. The molecule has 0 spiro atoms. The van der Waals surface area contributed by atoms with Crippen LogP contribution in [-0.2, 0) is 0 Å². The van der Waals surface area contributed by atoms with Gasteiger partial charge in [0, 0.05) is 24.0 Å². The van der Waals surface area contributed by atoms with E-state index in [1.807, 2.05) is 0 Å². The van der Waals surface area contributed by atoms with Gasteiger partial charge < -0.3 is 10.0 Å². The predicted molar refractivity (Wildman–Crippen MR) is 59.5 cm³/mol. The molecule has 1 saturated heterocycles. The van der Waals surface area contributed by atoms with Crippen molar-refractivity contribution in [2.45, 2.75) is 18.8 Å². The van der Waals surface area contributed by atoms with Crippen LogP contribution in [0.2, 0.25) is 0 Å². The minimum Gasteiger partial charge on any atom is -0.393 e. The maximum atomic E-state index is 9.98. The minimum absolute atomic E-state index is 0.0647. The molecule has 1 fully saturated rings. The Morgan fingerprint density at radius 2 is 2.31 bits per heavy atom. The molecule has 0 saturated carbocycles. The predicted octanol–water partition coefficient (Wildman–Crippen LogP) is 2.47. The third-order valence-corrected chi connectivity index (χ3v) is 2.96. The fourth-order valence-electron chi connectivity index (χ4n) is 0.812. The first-order valence-corrected chi connectivity index (χ1v) is 5.01. The lowest BCUT2D eigenvalue weighted by Crippen LogP contribution is -2.35. The number of nitrogens with zero attached hydrogens (tertiary/aromatic N) is 1. The Bertz CT molecular complexity index is 572. The number of hydrogen-bond donors (Lipinski definition) is 1. The molecule has 13 heavy (non-hydrogen) atoms. The van der Waals surface area contributed by atoms with E-state index in [-0.39, 0.29) is 5.00 Å². The molecule has 2 rings (SSSR count). The second kappa shape index (κ2) is 3.98. The molecule has 1 aromatic rings. The second-order valence-corrected chi connectivity index (χ2v) is 4.68. The van der Waals surface area contributed by atoms with E-state index in [2.05, 4.69) is 15.9 Å². The Morgan fingerprint density at radius 3 is 2.85 bits per heavy atom. The smallest absolute Gasteiger partial charge is 0.0920 e. The highest BCUT2D eigenvalue weighted by Crippen LogP contribution is 2.31. The molecule has 72 valence electrons. The highest BCUT2D eigenvalue weighted by Gasteiger charge is 2.17. The third-order valence-electron chi connectivity index (χ3n) is 1.35. The average Bonchev–Trinajstić information content (AvgIpc) is 2.72. The molecular weight excluding hydrogens is 250 g/mol. The lowest BCUT2D eigenvalue weighted by Gasteiger charge is -2.30. The van der Waals surface area contributed by atoms with E-state index >= 15 is 0 Å². The number of anilines is 1. The molecule has 0 amide bonds. The first kappa shape index (κ1) is 3.51. The van der Waals surface area contributed by atoms with Gasteiger partial charge in [0.2, 0.25) is 0 Å².